The van der Waals surface area contributed by atoms with Gasteiger partial charge in [0.15, 0.2) is 0 Å². The molecule has 1 aliphatic heterocycles. The van der Waals surface area contributed by atoms with Crippen molar-refractivity contribution in [1.29, 1.82) is 0 Å². The first-order chi connectivity index (χ1) is 8.70. The molecule has 0 radical (unpaired) electrons. The van der Waals surface area contributed by atoms with E-state index in [0.717, 1.165) is 25.1 Å². The molecule has 1 aromatic rings. The van der Waals surface area contributed by atoms with Crippen molar-refractivity contribution in [3.63, 3.8) is 0 Å². The first-order valence-electron chi connectivity index (χ1n) is 6.44. The zero-order valence-corrected chi connectivity index (χ0v) is 12.7. The normalized spacial score (nSPS) is 21.2. The highest BCUT2D eigenvalue weighted by Crippen LogP contribution is 2.24. The van der Waals surface area contributed by atoms with Crippen LogP contribution in [0.4, 0.5) is 4.39 Å². The lowest BCUT2D eigenvalue weighted by molar-refractivity contribution is 0.136. The minimum Gasteiger partial charge on any atom is -0.296 e. The fraction of sp³-hybridized carbons (Fsp3) is 0.571. The molecular weight excluding hydrogens is 317 g/mol. The lowest BCUT2D eigenvalue weighted by Gasteiger charge is -2.35. The number of rotatable bonds is 4. The van der Waals surface area contributed by atoms with Gasteiger partial charge in [0.2, 0.25) is 0 Å². The Morgan fingerprint density at radius 1 is 1.39 bits per heavy atom. The van der Waals surface area contributed by atoms with Gasteiger partial charge in [-0.15, -0.1) is 11.6 Å². The smallest absolute Gasteiger partial charge is 0.137 e. The first-order valence-corrected chi connectivity index (χ1v) is 7.77. The highest BCUT2D eigenvalue weighted by atomic mass is 79.9. The number of nitrogens with zero attached hydrogens (tertiary/aromatic N) is 1. The van der Waals surface area contributed by atoms with Crippen LogP contribution in [0.2, 0.25) is 0 Å². The molecule has 100 valence electrons. The second-order valence-corrected chi connectivity index (χ2v) is 6.08. The number of alkyl halides is 1. The third-order valence-corrected chi connectivity index (χ3v) is 4.39. The molecule has 1 aliphatic rings. The molecule has 0 aromatic heterocycles. The van der Waals surface area contributed by atoms with Gasteiger partial charge >= 0.3 is 0 Å². The van der Waals surface area contributed by atoms with Gasteiger partial charge in [0, 0.05) is 18.5 Å². The largest absolute Gasteiger partial charge is 0.296 e. The zero-order valence-electron chi connectivity index (χ0n) is 10.3. The molecule has 18 heavy (non-hydrogen) atoms. The maximum Gasteiger partial charge on any atom is 0.137 e. The number of piperidine rings is 1. The van der Waals surface area contributed by atoms with E-state index >= 15 is 0 Å². The van der Waals surface area contributed by atoms with Crippen LogP contribution >= 0.6 is 27.5 Å². The molecule has 1 atom stereocenters. The van der Waals surface area contributed by atoms with E-state index in [1.165, 1.54) is 25.3 Å². The Morgan fingerprint density at radius 3 is 2.94 bits per heavy atom. The molecule has 0 spiro atoms. The molecule has 1 nitrogen and oxygen atoms in total. The summed E-state index contributed by atoms with van der Waals surface area (Å²) >= 11 is 9.11. The van der Waals surface area contributed by atoms with Gasteiger partial charge in [-0.2, -0.15) is 0 Å². The van der Waals surface area contributed by atoms with Crippen molar-refractivity contribution in [2.75, 3.05) is 12.4 Å². The molecule has 0 N–H and O–H groups in total. The average molecular weight is 335 g/mol. The fourth-order valence-corrected chi connectivity index (χ4v) is 3.27. The van der Waals surface area contributed by atoms with E-state index in [0.29, 0.717) is 16.4 Å². The lowest BCUT2D eigenvalue weighted by atomic mass is 9.99. The van der Waals surface area contributed by atoms with E-state index in [-0.39, 0.29) is 5.82 Å². The summed E-state index contributed by atoms with van der Waals surface area (Å²) in [5, 5.41) is 0. The lowest BCUT2D eigenvalue weighted by Crippen LogP contribution is -2.39. The summed E-state index contributed by atoms with van der Waals surface area (Å²) in [6.07, 6.45) is 4.82. The van der Waals surface area contributed by atoms with Gasteiger partial charge in [0.05, 0.1) is 4.47 Å². The van der Waals surface area contributed by atoms with Crippen LogP contribution in [0, 0.1) is 5.82 Å². The molecule has 1 unspecified atom stereocenters. The van der Waals surface area contributed by atoms with E-state index in [2.05, 4.69) is 20.8 Å². The minimum absolute atomic E-state index is 0.199. The van der Waals surface area contributed by atoms with Crippen LogP contribution in [0.5, 0.6) is 0 Å². The Kier molecular flexibility index (Phi) is 5.46. The third kappa shape index (κ3) is 3.69. The van der Waals surface area contributed by atoms with Crippen LogP contribution in [-0.4, -0.2) is 23.4 Å². The molecule has 4 heteroatoms. The fourth-order valence-electron chi connectivity index (χ4n) is 2.59. The molecule has 0 amide bonds. The van der Waals surface area contributed by atoms with E-state index in [4.69, 9.17) is 11.6 Å². The Bertz CT molecular complexity index is 397. The predicted octanol–water partition coefficient (Wildman–Crippen LogP) is 4.57. The standard InChI is InChI=1S/C14H18BrClFN/c15-13-9-11(4-5-14(13)17)10-18-8-2-1-3-12(18)6-7-16/h4-5,9,12H,1-3,6-8,10H2. The zero-order chi connectivity index (χ0) is 13.0. The van der Waals surface area contributed by atoms with E-state index < -0.39 is 0 Å². The van der Waals surface area contributed by atoms with Crippen LogP contribution in [0.15, 0.2) is 22.7 Å². The summed E-state index contributed by atoms with van der Waals surface area (Å²) in [5.41, 5.74) is 1.16. The van der Waals surface area contributed by atoms with Gasteiger partial charge in [-0.1, -0.05) is 12.5 Å². The van der Waals surface area contributed by atoms with E-state index in [9.17, 15) is 4.39 Å². The van der Waals surface area contributed by atoms with Crippen LogP contribution in [0.1, 0.15) is 31.2 Å². The Labute approximate surface area is 121 Å². The quantitative estimate of drug-likeness (QED) is 0.729. The van der Waals surface area contributed by atoms with Gasteiger partial charge < -0.3 is 0 Å². The molecule has 0 bridgehead atoms. The Balaban J connectivity index is 2.03. The molecular formula is C14H18BrClFN. The number of benzene rings is 1. The highest BCUT2D eigenvalue weighted by molar-refractivity contribution is 9.10. The number of hydrogen-bond acceptors (Lipinski definition) is 1. The second-order valence-electron chi connectivity index (χ2n) is 4.85. The summed E-state index contributed by atoms with van der Waals surface area (Å²) in [4.78, 5) is 2.48. The highest BCUT2D eigenvalue weighted by Gasteiger charge is 2.21. The topological polar surface area (TPSA) is 3.24 Å². The third-order valence-electron chi connectivity index (χ3n) is 3.56. The monoisotopic (exact) mass is 333 g/mol. The van der Waals surface area contributed by atoms with Gasteiger partial charge in [0.25, 0.3) is 0 Å². The number of hydrogen-bond donors (Lipinski definition) is 0. The van der Waals surface area contributed by atoms with Crippen molar-refractivity contribution >= 4 is 27.5 Å². The van der Waals surface area contributed by atoms with E-state index in [1.54, 1.807) is 0 Å². The van der Waals surface area contributed by atoms with Gasteiger partial charge in [-0.05, 0) is 59.4 Å². The predicted molar refractivity (Wildman–Crippen MR) is 77.5 cm³/mol. The molecule has 1 heterocycles. The van der Waals surface area contributed by atoms with Crippen LogP contribution < -0.4 is 0 Å². The minimum atomic E-state index is -0.199. The SMILES string of the molecule is Fc1ccc(CN2CCCCC2CCCl)cc1Br. The summed E-state index contributed by atoms with van der Waals surface area (Å²) in [6.45, 7) is 2.01. The van der Waals surface area contributed by atoms with Crippen molar-refractivity contribution in [3.05, 3.63) is 34.1 Å². The number of likely N-dealkylation sites (tertiary alicyclic amines) is 1. The van der Waals surface area contributed by atoms with Crippen LogP contribution in [0.25, 0.3) is 0 Å². The molecule has 0 saturated carbocycles. The molecule has 2 rings (SSSR count). The summed E-state index contributed by atoms with van der Waals surface area (Å²) in [6, 6.07) is 5.86. The maximum atomic E-state index is 13.2. The summed E-state index contributed by atoms with van der Waals surface area (Å²) in [5.74, 6) is 0.517. The van der Waals surface area contributed by atoms with E-state index in [1.807, 2.05) is 12.1 Å². The van der Waals surface area contributed by atoms with Crippen molar-refractivity contribution < 1.29 is 4.39 Å². The van der Waals surface area contributed by atoms with Crippen molar-refractivity contribution in [2.24, 2.45) is 0 Å². The maximum absolute atomic E-state index is 13.2. The van der Waals surface area contributed by atoms with Gasteiger partial charge in [0.1, 0.15) is 5.82 Å². The molecule has 1 fully saturated rings. The molecule has 1 saturated heterocycles. The molecule has 1 aromatic carbocycles. The number of halogens is 3. The second kappa shape index (κ2) is 6.88. The van der Waals surface area contributed by atoms with Crippen molar-refractivity contribution in [3.8, 4) is 0 Å². The summed E-state index contributed by atoms with van der Waals surface area (Å²) in [7, 11) is 0. The van der Waals surface area contributed by atoms with Crippen molar-refractivity contribution in [1.82, 2.24) is 4.90 Å². The average Bonchev–Trinajstić information content (AvgIpc) is 2.37. The molecule has 0 aliphatic carbocycles. The first kappa shape index (κ1) is 14.3. The van der Waals surface area contributed by atoms with Crippen LogP contribution in [0.3, 0.4) is 0 Å². The van der Waals surface area contributed by atoms with Crippen molar-refractivity contribution in [2.45, 2.75) is 38.3 Å². The van der Waals surface area contributed by atoms with Gasteiger partial charge in [-0.3, -0.25) is 4.90 Å². The Hall–Kier alpha value is -0.120. The van der Waals surface area contributed by atoms with Crippen LogP contribution in [-0.2, 0) is 6.54 Å². The van der Waals surface area contributed by atoms with Gasteiger partial charge in [-0.25, -0.2) is 4.39 Å². The Morgan fingerprint density at radius 2 is 2.22 bits per heavy atom. The summed E-state index contributed by atoms with van der Waals surface area (Å²) < 4.78 is 13.7.